The van der Waals surface area contributed by atoms with Crippen molar-refractivity contribution >= 4 is 43.6 Å². The van der Waals surface area contributed by atoms with Gasteiger partial charge in [-0.15, -0.1) is 11.3 Å². The molecule has 5 nitrogen and oxygen atoms in total. The molecule has 2 heterocycles. The summed E-state index contributed by atoms with van der Waals surface area (Å²) in [5.41, 5.74) is 0.354. The van der Waals surface area contributed by atoms with E-state index in [0.717, 1.165) is 17.1 Å². The van der Waals surface area contributed by atoms with E-state index in [4.69, 9.17) is 11.6 Å². The molecule has 0 spiro atoms. The summed E-state index contributed by atoms with van der Waals surface area (Å²) in [7, 11) is -4.35. The van der Waals surface area contributed by atoms with Gasteiger partial charge in [0.2, 0.25) is 0 Å². The van der Waals surface area contributed by atoms with Gasteiger partial charge in [0.05, 0.1) is 16.3 Å². The second-order valence-corrected chi connectivity index (χ2v) is 8.98. The minimum absolute atomic E-state index is 0.173. The summed E-state index contributed by atoms with van der Waals surface area (Å²) in [6, 6.07) is 8.56. The van der Waals surface area contributed by atoms with Crippen LogP contribution in [0.2, 0.25) is 5.02 Å². The number of hydrogen-bond donors (Lipinski definition) is 1. The third-order valence-corrected chi connectivity index (χ3v) is 6.69. The summed E-state index contributed by atoms with van der Waals surface area (Å²) in [4.78, 5) is 4.58. The highest BCUT2D eigenvalue weighted by Crippen LogP contribution is 2.34. The average Bonchev–Trinajstić information content (AvgIpc) is 3.22. The highest BCUT2D eigenvalue weighted by atomic mass is 35.5. The fourth-order valence-electron chi connectivity index (χ4n) is 2.70. The third-order valence-electron chi connectivity index (χ3n) is 4.05. The van der Waals surface area contributed by atoms with Crippen LogP contribution in [0.15, 0.2) is 65.1 Å². The van der Waals surface area contributed by atoms with Crippen LogP contribution in [0.3, 0.4) is 0 Å². The largest absolute Gasteiger partial charge is 0.416 e. The van der Waals surface area contributed by atoms with Gasteiger partial charge in [-0.05, 0) is 30.3 Å². The quantitative estimate of drug-likeness (QED) is 0.438. The SMILES string of the molecule is O=S(=O)(Nc1cccc(-c2cn3ccsc3n2)c1)c1cc(C(F)(F)F)ccc1Cl. The van der Waals surface area contributed by atoms with Gasteiger partial charge in [0.15, 0.2) is 4.96 Å². The van der Waals surface area contributed by atoms with E-state index >= 15 is 0 Å². The monoisotopic (exact) mass is 457 g/mol. The fourth-order valence-corrected chi connectivity index (χ4v) is 4.98. The maximum atomic E-state index is 13.0. The third kappa shape index (κ3) is 3.96. The highest BCUT2D eigenvalue weighted by molar-refractivity contribution is 7.92. The Labute approximate surface area is 172 Å². The molecule has 0 aliphatic rings. The number of sulfonamides is 1. The number of hydrogen-bond acceptors (Lipinski definition) is 4. The van der Waals surface area contributed by atoms with Crippen molar-refractivity contribution in [3.8, 4) is 11.3 Å². The summed E-state index contributed by atoms with van der Waals surface area (Å²) in [6.45, 7) is 0. The number of nitrogens with zero attached hydrogens (tertiary/aromatic N) is 2. The van der Waals surface area contributed by atoms with Crippen LogP contribution in [0.4, 0.5) is 18.9 Å². The zero-order valence-corrected chi connectivity index (χ0v) is 16.7. The molecular weight excluding hydrogens is 447 g/mol. The Hall–Kier alpha value is -2.56. The summed E-state index contributed by atoms with van der Waals surface area (Å²) >= 11 is 7.31. The van der Waals surface area contributed by atoms with Crippen molar-refractivity contribution in [2.24, 2.45) is 0 Å². The van der Waals surface area contributed by atoms with Crippen LogP contribution in [-0.2, 0) is 16.2 Å². The Morgan fingerprint density at radius 3 is 2.66 bits per heavy atom. The van der Waals surface area contributed by atoms with Crippen LogP contribution >= 0.6 is 22.9 Å². The summed E-state index contributed by atoms with van der Waals surface area (Å²) in [5, 5.41) is 1.58. The van der Waals surface area contributed by atoms with Gasteiger partial charge >= 0.3 is 6.18 Å². The first-order valence-corrected chi connectivity index (χ1v) is 10.8. The molecule has 150 valence electrons. The number of halogens is 4. The molecule has 0 atom stereocenters. The van der Waals surface area contributed by atoms with Crippen molar-refractivity contribution in [1.29, 1.82) is 0 Å². The topological polar surface area (TPSA) is 63.5 Å². The summed E-state index contributed by atoms with van der Waals surface area (Å²) in [5.74, 6) is 0. The number of benzene rings is 2. The lowest BCUT2D eigenvalue weighted by molar-refractivity contribution is -0.137. The van der Waals surface area contributed by atoms with Gasteiger partial charge in [0.25, 0.3) is 10.0 Å². The molecule has 2 aromatic heterocycles. The number of aromatic nitrogens is 2. The van der Waals surface area contributed by atoms with Crippen LogP contribution in [0.1, 0.15) is 5.56 Å². The van der Waals surface area contributed by atoms with E-state index in [1.54, 1.807) is 24.4 Å². The van der Waals surface area contributed by atoms with E-state index < -0.39 is 26.7 Å². The van der Waals surface area contributed by atoms with E-state index in [1.807, 2.05) is 16.0 Å². The molecular formula is C18H11ClF3N3O2S2. The number of imidazole rings is 1. The average molecular weight is 458 g/mol. The van der Waals surface area contributed by atoms with E-state index in [1.165, 1.54) is 17.4 Å². The molecule has 4 rings (SSSR count). The molecule has 0 saturated carbocycles. The maximum absolute atomic E-state index is 13.0. The van der Waals surface area contributed by atoms with E-state index in [0.29, 0.717) is 17.3 Å². The highest BCUT2D eigenvalue weighted by Gasteiger charge is 2.32. The minimum Gasteiger partial charge on any atom is -0.297 e. The van der Waals surface area contributed by atoms with Crippen LogP contribution < -0.4 is 4.72 Å². The number of anilines is 1. The second-order valence-electron chi connectivity index (χ2n) is 6.05. The molecule has 0 amide bonds. The van der Waals surface area contributed by atoms with Gasteiger partial charge in [-0.25, -0.2) is 13.4 Å². The molecule has 0 radical (unpaired) electrons. The molecule has 0 saturated heterocycles. The smallest absolute Gasteiger partial charge is 0.297 e. The molecule has 0 aliphatic carbocycles. The van der Waals surface area contributed by atoms with Gasteiger partial charge in [0, 0.05) is 29.0 Å². The lowest BCUT2D eigenvalue weighted by Crippen LogP contribution is -2.15. The number of thiazole rings is 1. The van der Waals surface area contributed by atoms with Crippen molar-refractivity contribution in [2.75, 3.05) is 4.72 Å². The number of fused-ring (bicyclic) bond motifs is 1. The number of nitrogens with one attached hydrogen (secondary N) is 1. The van der Waals surface area contributed by atoms with E-state index in [9.17, 15) is 21.6 Å². The second kappa shape index (κ2) is 7.05. The number of rotatable bonds is 4. The normalized spacial score (nSPS) is 12.4. The Morgan fingerprint density at radius 1 is 1.14 bits per heavy atom. The van der Waals surface area contributed by atoms with Gasteiger partial charge in [-0.1, -0.05) is 23.7 Å². The predicted octanol–water partition coefficient (Wildman–Crippen LogP) is 5.54. The summed E-state index contributed by atoms with van der Waals surface area (Å²) < 4.78 is 68.3. The van der Waals surface area contributed by atoms with Crippen molar-refractivity contribution in [3.05, 3.63) is 70.8 Å². The van der Waals surface area contributed by atoms with Crippen molar-refractivity contribution in [1.82, 2.24) is 9.38 Å². The molecule has 29 heavy (non-hydrogen) atoms. The van der Waals surface area contributed by atoms with Crippen molar-refractivity contribution < 1.29 is 21.6 Å². The molecule has 11 heteroatoms. The molecule has 0 unspecified atom stereocenters. The minimum atomic E-state index is -4.69. The number of alkyl halides is 3. The van der Waals surface area contributed by atoms with Crippen LogP contribution in [0.5, 0.6) is 0 Å². The molecule has 0 fully saturated rings. The van der Waals surface area contributed by atoms with Gasteiger partial charge in [-0.2, -0.15) is 13.2 Å². The van der Waals surface area contributed by atoms with Crippen LogP contribution in [0.25, 0.3) is 16.2 Å². The van der Waals surface area contributed by atoms with E-state index in [-0.39, 0.29) is 10.7 Å². The molecule has 0 bridgehead atoms. The molecule has 0 aliphatic heterocycles. The Balaban J connectivity index is 1.68. The van der Waals surface area contributed by atoms with Crippen LogP contribution in [-0.4, -0.2) is 17.8 Å². The molecule has 4 aromatic rings. The Kier molecular flexibility index (Phi) is 4.80. The molecule has 1 N–H and O–H groups in total. The van der Waals surface area contributed by atoms with Crippen LogP contribution in [0, 0.1) is 0 Å². The Bertz CT molecular complexity index is 1280. The first-order chi connectivity index (χ1) is 13.6. The zero-order valence-electron chi connectivity index (χ0n) is 14.3. The Morgan fingerprint density at radius 2 is 1.93 bits per heavy atom. The standard InChI is InChI=1S/C18H11ClF3N3O2S2/c19-14-5-4-12(18(20,21)22)9-16(14)29(26,27)24-13-3-1-2-11(8-13)15-10-25-6-7-28-17(25)23-15/h1-10,24H. The maximum Gasteiger partial charge on any atom is 0.416 e. The fraction of sp³-hybridized carbons (Fsp3) is 0.0556. The molecule has 2 aromatic carbocycles. The van der Waals surface area contributed by atoms with Crippen molar-refractivity contribution in [3.63, 3.8) is 0 Å². The predicted molar refractivity (Wildman–Crippen MR) is 106 cm³/mol. The van der Waals surface area contributed by atoms with Gasteiger partial charge < -0.3 is 0 Å². The lowest BCUT2D eigenvalue weighted by Gasteiger charge is -2.13. The first-order valence-electron chi connectivity index (χ1n) is 8.06. The first kappa shape index (κ1) is 19.7. The summed E-state index contributed by atoms with van der Waals surface area (Å²) in [6.07, 6.45) is -1.05. The van der Waals surface area contributed by atoms with E-state index in [2.05, 4.69) is 9.71 Å². The lowest BCUT2D eigenvalue weighted by atomic mass is 10.1. The van der Waals surface area contributed by atoms with Crippen molar-refractivity contribution in [2.45, 2.75) is 11.1 Å². The van der Waals surface area contributed by atoms with Gasteiger partial charge in [0.1, 0.15) is 4.90 Å². The van der Waals surface area contributed by atoms with Gasteiger partial charge in [-0.3, -0.25) is 9.12 Å². The zero-order chi connectivity index (χ0) is 20.8.